The van der Waals surface area contributed by atoms with Crippen LogP contribution >= 0.6 is 0 Å². The van der Waals surface area contributed by atoms with Crippen molar-refractivity contribution < 1.29 is 19.0 Å². The molecule has 1 N–H and O–H groups in total. The quantitative estimate of drug-likeness (QED) is 0.397. The van der Waals surface area contributed by atoms with Crippen molar-refractivity contribution in [1.82, 2.24) is 20.4 Å². The molecule has 1 fully saturated rings. The van der Waals surface area contributed by atoms with E-state index in [4.69, 9.17) is 9.26 Å². The Labute approximate surface area is 191 Å². The number of benzene rings is 1. The summed E-state index contributed by atoms with van der Waals surface area (Å²) in [5, 5.41) is 18.8. The van der Waals surface area contributed by atoms with Gasteiger partial charge in [0.05, 0.1) is 30.1 Å². The zero-order chi connectivity index (χ0) is 23.5. The Kier molecular flexibility index (Phi) is 6.55. The lowest BCUT2D eigenvalue weighted by Gasteiger charge is -2.29. The van der Waals surface area contributed by atoms with Gasteiger partial charge in [-0.25, -0.2) is 4.79 Å². The second-order valence-corrected chi connectivity index (χ2v) is 8.33. The van der Waals surface area contributed by atoms with Crippen LogP contribution in [0.25, 0.3) is 5.57 Å². The number of carbonyl (C=O) groups is 1. The Balaban J connectivity index is 1.76. The smallest absolute Gasteiger partial charge is 0.336 e. The Hall–Kier alpha value is -3.53. The molecule has 1 atom stereocenters. The van der Waals surface area contributed by atoms with E-state index < -0.39 is 16.8 Å². The summed E-state index contributed by atoms with van der Waals surface area (Å²) in [4.78, 5) is 30.7. The van der Waals surface area contributed by atoms with Gasteiger partial charge in [-0.15, -0.1) is 0 Å². The van der Waals surface area contributed by atoms with Gasteiger partial charge in [0.15, 0.2) is 5.82 Å². The molecule has 10 heteroatoms. The first-order valence-corrected chi connectivity index (χ1v) is 11.0. The number of hydrogen-bond donors (Lipinski definition) is 1. The minimum Gasteiger partial charge on any atom is -0.466 e. The highest BCUT2D eigenvalue weighted by molar-refractivity contribution is 5.96. The number of likely N-dealkylation sites (tertiary alicyclic amines) is 1. The van der Waals surface area contributed by atoms with Gasteiger partial charge in [0, 0.05) is 29.1 Å². The number of ether oxygens (including phenoxy) is 1. The highest BCUT2D eigenvalue weighted by Crippen LogP contribution is 2.43. The van der Waals surface area contributed by atoms with Gasteiger partial charge in [-0.1, -0.05) is 23.7 Å². The summed E-state index contributed by atoms with van der Waals surface area (Å²) in [6.07, 6.45) is 3.54. The molecule has 1 aromatic heterocycles. The summed E-state index contributed by atoms with van der Waals surface area (Å²) in [6, 6.07) is 6.23. The Bertz CT molecular complexity index is 1130. The third-order valence-electron chi connectivity index (χ3n) is 6.09. The third kappa shape index (κ3) is 4.65. The van der Waals surface area contributed by atoms with E-state index in [-0.39, 0.29) is 11.6 Å². The van der Waals surface area contributed by atoms with Crippen molar-refractivity contribution in [3.8, 4) is 0 Å². The third-order valence-corrected chi connectivity index (χ3v) is 6.09. The van der Waals surface area contributed by atoms with E-state index in [0.717, 1.165) is 31.6 Å². The number of esters is 1. The fourth-order valence-corrected chi connectivity index (χ4v) is 4.55. The van der Waals surface area contributed by atoms with Crippen molar-refractivity contribution in [2.75, 3.05) is 20.2 Å². The standard InChI is InChI=1S/C23H27N5O5/c1-14-19(22-25-18(26-33-22)13-27-10-5-4-6-11-27)21(20(15(2)24-14)23(29)32-3)16-8-7-9-17(12-16)28(30)31/h7-9,12,21,24H,4-6,10-11,13H2,1-3H3. The largest absolute Gasteiger partial charge is 0.466 e. The van der Waals surface area contributed by atoms with Gasteiger partial charge in [-0.05, 0) is 45.3 Å². The summed E-state index contributed by atoms with van der Waals surface area (Å²) in [5.41, 5.74) is 2.77. The topological polar surface area (TPSA) is 124 Å². The molecule has 10 nitrogen and oxygen atoms in total. The number of nitrogens with one attached hydrogen (secondary N) is 1. The average Bonchev–Trinajstić information content (AvgIpc) is 3.26. The van der Waals surface area contributed by atoms with E-state index in [9.17, 15) is 14.9 Å². The number of carbonyl (C=O) groups excluding carboxylic acids is 1. The number of piperidine rings is 1. The van der Waals surface area contributed by atoms with Crippen LogP contribution in [0.15, 0.2) is 45.8 Å². The van der Waals surface area contributed by atoms with Crippen LogP contribution in [-0.4, -0.2) is 46.1 Å². The molecule has 4 rings (SSSR count). The first-order valence-electron chi connectivity index (χ1n) is 11.0. The second kappa shape index (κ2) is 9.53. The van der Waals surface area contributed by atoms with Crippen LogP contribution < -0.4 is 5.32 Å². The summed E-state index contributed by atoms with van der Waals surface area (Å²) in [5.74, 6) is -0.357. The number of allylic oxidation sites excluding steroid dienone is 3. The van der Waals surface area contributed by atoms with Crippen molar-refractivity contribution in [2.45, 2.75) is 45.6 Å². The van der Waals surface area contributed by atoms with E-state index in [1.54, 1.807) is 19.1 Å². The maximum atomic E-state index is 12.8. The van der Waals surface area contributed by atoms with Crippen molar-refractivity contribution in [1.29, 1.82) is 0 Å². The maximum Gasteiger partial charge on any atom is 0.336 e. The van der Waals surface area contributed by atoms with Crippen molar-refractivity contribution in [3.05, 3.63) is 68.6 Å². The SMILES string of the molecule is COC(=O)C1=C(C)NC(C)=C(c2nc(CN3CCCCC3)no2)C1c1cccc([N+](=O)[O-])c1. The summed E-state index contributed by atoms with van der Waals surface area (Å²) in [6.45, 7) is 6.21. The van der Waals surface area contributed by atoms with E-state index in [0.29, 0.717) is 34.8 Å². The minimum absolute atomic E-state index is 0.0683. The van der Waals surface area contributed by atoms with Crippen LogP contribution in [0.5, 0.6) is 0 Å². The lowest BCUT2D eigenvalue weighted by Crippen LogP contribution is -2.29. The molecule has 0 saturated carbocycles. The number of dihydropyridines is 1. The molecule has 33 heavy (non-hydrogen) atoms. The molecular formula is C23H27N5O5. The van der Waals surface area contributed by atoms with Gasteiger partial charge >= 0.3 is 5.97 Å². The molecule has 1 unspecified atom stereocenters. The lowest BCUT2D eigenvalue weighted by molar-refractivity contribution is -0.384. The fraction of sp³-hybridized carbons (Fsp3) is 0.435. The minimum atomic E-state index is -0.665. The van der Waals surface area contributed by atoms with Gasteiger partial charge in [0.2, 0.25) is 0 Å². The lowest BCUT2D eigenvalue weighted by atomic mass is 9.80. The predicted molar refractivity (Wildman–Crippen MR) is 120 cm³/mol. The average molecular weight is 453 g/mol. The summed E-state index contributed by atoms with van der Waals surface area (Å²) in [7, 11) is 1.31. The molecule has 3 heterocycles. The number of nitro benzene ring substituents is 1. The van der Waals surface area contributed by atoms with Crippen LogP contribution in [-0.2, 0) is 16.1 Å². The van der Waals surface area contributed by atoms with Crippen LogP contribution in [0.4, 0.5) is 5.69 Å². The van der Waals surface area contributed by atoms with Crippen LogP contribution in [0, 0.1) is 10.1 Å². The molecule has 174 valence electrons. The first kappa shape index (κ1) is 22.7. The number of hydrogen-bond acceptors (Lipinski definition) is 9. The highest BCUT2D eigenvalue weighted by atomic mass is 16.6. The molecule has 0 spiro atoms. The number of nitro groups is 1. The van der Waals surface area contributed by atoms with Crippen LogP contribution in [0.1, 0.15) is 56.3 Å². The Morgan fingerprint density at radius 2 is 2.03 bits per heavy atom. The van der Waals surface area contributed by atoms with Crippen LogP contribution in [0.3, 0.4) is 0 Å². The van der Waals surface area contributed by atoms with Gasteiger partial charge in [-0.3, -0.25) is 15.0 Å². The molecule has 2 aliphatic rings. The van der Waals surface area contributed by atoms with E-state index in [1.165, 1.54) is 25.7 Å². The Morgan fingerprint density at radius 1 is 1.27 bits per heavy atom. The molecule has 2 aromatic rings. The monoisotopic (exact) mass is 453 g/mol. The number of aromatic nitrogens is 2. The van der Waals surface area contributed by atoms with E-state index in [1.807, 2.05) is 6.92 Å². The zero-order valence-corrected chi connectivity index (χ0v) is 19.0. The molecule has 0 bridgehead atoms. The molecule has 1 saturated heterocycles. The molecule has 1 aromatic carbocycles. The maximum absolute atomic E-state index is 12.8. The fourth-order valence-electron chi connectivity index (χ4n) is 4.55. The molecule has 2 aliphatic heterocycles. The van der Waals surface area contributed by atoms with Crippen molar-refractivity contribution in [2.24, 2.45) is 0 Å². The number of non-ortho nitro benzene ring substituents is 1. The van der Waals surface area contributed by atoms with Gasteiger partial charge < -0.3 is 14.6 Å². The molecule has 0 radical (unpaired) electrons. The Morgan fingerprint density at radius 3 is 2.73 bits per heavy atom. The van der Waals surface area contributed by atoms with Gasteiger partial charge in [0.25, 0.3) is 11.6 Å². The highest BCUT2D eigenvalue weighted by Gasteiger charge is 2.37. The number of rotatable bonds is 6. The number of nitrogens with zero attached hydrogens (tertiary/aromatic N) is 4. The normalized spacial score (nSPS) is 19.4. The van der Waals surface area contributed by atoms with Crippen LogP contribution in [0.2, 0.25) is 0 Å². The second-order valence-electron chi connectivity index (χ2n) is 8.33. The summed E-state index contributed by atoms with van der Waals surface area (Å²) >= 11 is 0. The van der Waals surface area contributed by atoms with Crippen molar-refractivity contribution >= 4 is 17.2 Å². The zero-order valence-electron chi connectivity index (χ0n) is 19.0. The molecule has 0 aliphatic carbocycles. The van der Waals surface area contributed by atoms with E-state index >= 15 is 0 Å². The van der Waals surface area contributed by atoms with Crippen molar-refractivity contribution in [3.63, 3.8) is 0 Å². The van der Waals surface area contributed by atoms with E-state index in [2.05, 4.69) is 20.4 Å². The number of methoxy groups -OCH3 is 1. The predicted octanol–water partition coefficient (Wildman–Crippen LogP) is 3.53. The summed E-state index contributed by atoms with van der Waals surface area (Å²) < 4.78 is 10.7. The van der Waals surface area contributed by atoms with Gasteiger partial charge in [-0.2, -0.15) is 4.98 Å². The van der Waals surface area contributed by atoms with Gasteiger partial charge in [0.1, 0.15) is 0 Å². The molecule has 0 amide bonds. The first-order chi connectivity index (χ1) is 15.9. The molecular weight excluding hydrogens is 426 g/mol.